The van der Waals surface area contributed by atoms with Crippen molar-refractivity contribution in [1.29, 1.82) is 0 Å². The van der Waals surface area contributed by atoms with Crippen molar-refractivity contribution in [2.75, 3.05) is 26.4 Å². The summed E-state index contributed by atoms with van der Waals surface area (Å²) in [6.07, 6.45) is 42.7. The number of phosphoric acid groups is 2. The number of allylic oxidation sites excluding steroid dienone is 14. The topological polar surface area (TPSA) is 212 Å². The fraction of sp³-hybridized carbons (Fsp3) is 0.630. The fourth-order valence-electron chi connectivity index (χ4n) is 5.30. The van der Waals surface area contributed by atoms with E-state index < -0.39 is 66.2 Å². The summed E-state index contributed by atoms with van der Waals surface area (Å²) in [4.78, 5) is 64.4. The van der Waals surface area contributed by atoms with Gasteiger partial charge in [0.15, 0.2) is 11.9 Å². The highest BCUT2D eigenvalue weighted by Crippen LogP contribution is 2.43. The number of phosphoric ester groups is 2. The van der Waals surface area contributed by atoms with E-state index in [1.807, 2.05) is 36.5 Å². The molecule has 3 atom stereocenters. The number of hydrogen-bond acceptors (Lipinski definition) is 11. The molecule has 0 saturated carbocycles. The summed E-state index contributed by atoms with van der Waals surface area (Å²) in [6.45, 7) is 1.45. The second-order valence-corrected chi connectivity index (χ2v) is 17.3. The number of hydrogen-bond donors (Lipinski definition) is 4. The standard InChI is InChI=1S/C46H76O14P2/c1-3-5-7-8-9-10-11-12-13-14-15-16-19-23-26-29-33-37-46(50)60-44(41-59-62(54,55)58-39-43(48)38-57-61(51,52)53)40-56-45(49)36-32-28-25-22-20-17-18-21-24-27-31-35-42(47)34-30-6-4-2/h9-10,12-13,15-18,22,24-25,27,31,35,43-44,48H,3-8,11,14,19-21,23,26,28-30,32-34,36-41H2,1-2H3,(H,54,55)(H2,51,52,53)/b10-9-,13-12-,16-15-,18-17-,25-22-,27-24-,35-31+/t43-,44+/m0/s1. The normalized spacial score (nSPS) is 14.7. The van der Waals surface area contributed by atoms with Gasteiger partial charge in [-0.05, 0) is 83.1 Å². The van der Waals surface area contributed by atoms with Crippen molar-refractivity contribution in [2.24, 2.45) is 0 Å². The van der Waals surface area contributed by atoms with Gasteiger partial charge in [0.2, 0.25) is 0 Å². The van der Waals surface area contributed by atoms with E-state index in [9.17, 15) is 33.5 Å². The smallest absolute Gasteiger partial charge is 0.462 e. The van der Waals surface area contributed by atoms with E-state index in [1.165, 1.54) is 19.3 Å². The minimum Gasteiger partial charge on any atom is -0.462 e. The maximum absolute atomic E-state index is 12.7. The quantitative estimate of drug-likeness (QED) is 0.0112. The van der Waals surface area contributed by atoms with Crippen LogP contribution < -0.4 is 0 Å². The second kappa shape index (κ2) is 40.7. The molecular weight excluding hydrogens is 838 g/mol. The zero-order valence-corrected chi connectivity index (χ0v) is 39.0. The van der Waals surface area contributed by atoms with E-state index in [0.29, 0.717) is 25.7 Å². The van der Waals surface area contributed by atoms with Gasteiger partial charge in [-0.15, -0.1) is 0 Å². The maximum atomic E-state index is 12.7. The number of carbonyl (C=O) groups is 3. The Kier molecular flexibility index (Phi) is 38.7. The minimum atomic E-state index is -4.88. The number of unbranched alkanes of at least 4 members (excludes halogenated alkanes) is 10. The van der Waals surface area contributed by atoms with Crippen LogP contribution in [0.4, 0.5) is 0 Å². The number of aliphatic hydroxyl groups is 1. The first-order valence-electron chi connectivity index (χ1n) is 22.2. The Hall–Kier alpha value is -3.03. The molecule has 0 aromatic heterocycles. The number of ketones is 1. The van der Waals surface area contributed by atoms with Gasteiger partial charge in [0, 0.05) is 19.3 Å². The molecule has 0 rings (SSSR count). The van der Waals surface area contributed by atoms with Gasteiger partial charge in [-0.1, -0.05) is 131 Å². The molecule has 62 heavy (non-hydrogen) atoms. The SMILES string of the molecule is CCCCC/C=C\C/C=C\C/C=C\CCCCCCC(=O)O[C@H](COC(=O)CCC/C=C\C/C=C\C/C=C\C=C\C(=O)CCCCC)COP(=O)(O)OC[C@@H](O)COP(=O)(O)O. The van der Waals surface area contributed by atoms with Crippen LogP contribution in [0.3, 0.4) is 0 Å². The van der Waals surface area contributed by atoms with Crippen LogP contribution in [-0.2, 0) is 46.6 Å². The molecule has 0 aromatic carbocycles. The highest BCUT2D eigenvalue weighted by atomic mass is 31.2. The number of rotatable bonds is 41. The Morgan fingerprint density at radius 2 is 1.00 bits per heavy atom. The molecule has 14 nitrogen and oxygen atoms in total. The van der Waals surface area contributed by atoms with Crippen molar-refractivity contribution in [3.05, 3.63) is 85.1 Å². The van der Waals surface area contributed by atoms with Crippen LogP contribution >= 0.6 is 15.6 Å². The Bertz CT molecular complexity index is 1480. The van der Waals surface area contributed by atoms with Crippen LogP contribution in [0.5, 0.6) is 0 Å². The molecule has 0 saturated heterocycles. The third-order valence-electron chi connectivity index (χ3n) is 8.72. The molecule has 0 aliphatic carbocycles. The summed E-state index contributed by atoms with van der Waals surface area (Å²) in [5, 5.41) is 9.75. The van der Waals surface area contributed by atoms with Crippen molar-refractivity contribution < 1.29 is 66.3 Å². The Labute approximate surface area is 371 Å². The summed E-state index contributed by atoms with van der Waals surface area (Å²) < 4.78 is 47.7. The van der Waals surface area contributed by atoms with Gasteiger partial charge in [-0.25, -0.2) is 9.13 Å². The molecule has 0 heterocycles. The van der Waals surface area contributed by atoms with Gasteiger partial charge in [0.1, 0.15) is 12.7 Å². The maximum Gasteiger partial charge on any atom is 0.472 e. The first-order chi connectivity index (χ1) is 29.8. The van der Waals surface area contributed by atoms with Crippen LogP contribution in [-0.4, -0.2) is 76.1 Å². The Morgan fingerprint density at radius 3 is 1.61 bits per heavy atom. The van der Waals surface area contributed by atoms with Gasteiger partial charge in [0.25, 0.3) is 0 Å². The summed E-state index contributed by atoms with van der Waals surface area (Å²) >= 11 is 0. The molecule has 0 aromatic rings. The Balaban J connectivity index is 4.70. The average Bonchev–Trinajstić information content (AvgIpc) is 3.23. The van der Waals surface area contributed by atoms with E-state index in [-0.39, 0.29) is 18.6 Å². The van der Waals surface area contributed by atoms with Crippen LogP contribution in [0.2, 0.25) is 0 Å². The summed E-state index contributed by atoms with van der Waals surface area (Å²) in [6, 6.07) is 0. The van der Waals surface area contributed by atoms with E-state index in [2.05, 4.69) is 59.4 Å². The fourth-order valence-corrected chi connectivity index (χ4v) is 6.46. The molecular formula is C46H76O14P2. The molecule has 0 radical (unpaired) electrons. The van der Waals surface area contributed by atoms with Crippen molar-refractivity contribution in [3.63, 3.8) is 0 Å². The molecule has 4 N–H and O–H groups in total. The number of esters is 2. The van der Waals surface area contributed by atoms with Crippen LogP contribution in [0, 0.1) is 0 Å². The largest absolute Gasteiger partial charge is 0.472 e. The van der Waals surface area contributed by atoms with Gasteiger partial charge < -0.3 is 29.3 Å². The molecule has 354 valence electrons. The van der Waals surface area contributed by atoms with Gasteiger partial charge in [-0.3, -0.25) is 28.0 Å². The molecule has 0 aliphatic heterocycles. The zero-order chi connectivity index (χ0) is 46.0. The minimum absolute atomic E-state index is 0.0775. The van der Waals surface area contributed by atoms with E-state index >= 15 is 0 Å². The summed E-state index contributed by atoms with van der Waals surface area (Å²) in [7, 11) is -9.73. The first-order valence-corrected chi connectivity index (χ1v) is 25.3. The summed E-state index contributed by atoms with van der Waals surface area (Å²) in [5.41, 5.74) is 0. The monoisotopic (exact) mass is 914 g/mol. The van der Waals surface area contributed by atoms with Crippen LogP contribution in [0.15, 0.2) is 85.1 Å². The third-order valence-corrected chi connectivity index (χ3v) is 10.2. The summed E-state index contributed by atoms with van der Waals surface area (Å²) in [5.74, 6) is -1.02. The second-order valence-electron chi connectivity index (χ2n) is 14.6. The number of aliphatic hydroxyl groups excluding tert-OH is 1. The molecule has 16 heteroatoms. The van der Waals surface area contributed by atoms with E-state index in [0.717, 1.165) is 77.0 Å². The van der Waals surface area contributed by atoms with Gasteiger partial charge >= 0.3 is 27.6 Å². The van der Waals surface area contributed by atoms with Crippen molar-refractivity contribution in [3.8, 4) is 0 Å². The molecule has 0 aliphatic rings. The third kappa shape index (κ3) is 43.6. The van der Waals surface area contributed by atoms with Crippen molar-refractivity contribution >= 4 is 33.4 Å². The van der Waals surface area contributed by atoms with Gasteiger partial charge in [0.05, 0.1) is 19.8 Å². The van der Waals surface area contributed by atoms with Crippen molar-refractivity contribution in [2.45, 2.75) is 161 Å². The number of carbonyl (C=O) groups excluding carboxylic acids is 3. The first kappa shape index (κ1) is 59.0. The highest BCUT2D eigenvalue weighted by Gasteiger charge is 2.28. The molecule has 0 amide bonds. The average molecular weight is 915 g/mol. The van der Waals surface area contributed by atoms with E-state index in [1.54, 1.807) is 12.2 Å². The lowest BCUT2D eigenvalue weighted by Gasteiger charge is -2.20. The molecule has 1 unspecified atom stereocenters. The van der Waals surface area contributed by atoms with E-state index in [4.69, 9.17) is 23.8 Å². The molecule has 0 bridgehead atoms. The number of ether oxygens (including phenoxy) is 2. The van der Waals surface area contributed by atoms with Crippen LogP contribution in [0.1, 0.15) is 149 Å². The predicted octanol–water partition coefficient (Wildman–Crippen LogP) is 10.7. The Morgan fingerprint density at radius 1 is 0.516 bits per heavy atom. The lowest BCUT2D eigenvalue weighted by molar-refractivity contribution is -0.161. The van der Waals surface area contributed by atoms with Crippen LogP contribution in [0.25, 0.3) is 0 Å². The highest BCUT2D eigenvalue weighted by molar-refractivity contribution is 7.47. The van der Waals surface area contributed by atoms with Crippen molar-refractivity contribution in [1.82, 2.24) is 0 Å². The molecule has 0 spiro atoms. The zero-order valence-electron chi connectivity index (χ0n) is 37.2. The molecule has 0 fully saturated rings. The lowest BCUT2D eigenvalue weighted by Crippen LogP contribution is -2.30. The predicted molar refractivity (Wildman–Crippen MR) is 244 cm³/mol. The lowest BCUT2D eigenvalue weighted by atomic mass is 10.1. The van der Waals surface area contributed by atoms with Gasteiger partial charge in [-0.2, -0.15) is 0 Å².